The van der Waals surface area contributed by atoms with E-state index in [1.165, 1.54) is 11.1 Å². The first-order valence-electron chi connectivity index (χ1n) is 7.26. The molecule has 2 aromatic rings. The van der Waals surface area contributed by atoms with Crippen molar-refractivity contribution in [3.05, 3.63) is 47.8 Å². The number of nitrogens with zero attached hydrogens (tertiary/aromatic N) is 2. The molecule has 2 unspecified atom stereocenters. The maximum absolute atomic E-state index is 5.94. The van der Waals surface area contributed by atoms with E-state index in [4.69, 9.17) is 4.74 Å². The van der Waals surface area contributed by atoms with Crippen molar-refractivity contribution >= 4 is 0 Å². The minimum atomic E-state index is 0.232. The molecule has 0 spiro atoms. The summed E-state index contributed by atoms with van der Waals surface area (Å²) < 4.78 is 7.89. The lowest BCUT2D eigenvalue weighted by Crippen LogP contribution is -2.31. The molecule has 0 saturated heterocycles. The van der Waals surface area contributed by atoms with Gasteiger partial charge in [0, 0.05) is 37.3 Å². The van der Waals surface area contributed by atoms with Crippen molar-refractivity contribution in [3.8, 4) is 5.75 Å². The van der Waals surface area contributed by atoms with Gasteiger partial charge in [-0.25, -0.2) is 0 Å². The molecule has 106 valence electrons. The molecule has 0 radical (unpaired) electrons. The summed E-state index contributed by atoms with van der Waals surface area (Å²) in [6.07, 6.45) is 5.26. The Morgan fingerprint density at radius 2 is 2.30 bits per heavy atom. The number of nitrogens with one attached hydrogen (secondary N) is 1. The van der Waals surface area contributed by atoms with Gasteiger partial charge in [0.2, 0.25) is 0 Å². The summed E-state index contributed by atoms with van der Waals surface area (Å²) in [6.45, 7) is 6.03. The van der Waals surface area contributed by atoms with E-state index in [1.807, 2.05) is 23.0 Å². The summed E-state index contributed by atoms with van der Waals surface area (Å²) in [5.74, 6) is 1.03. The van der Waals surface area contributed by atoms with Gasteiger partial charge in [0.1, 0.15) is 11.9 Å². The van der Waals surface area contributed by atoms with Crippen LogP contribution in [-0.2, 0) is 13.0 Å². The molecule has 2 atom stereocenters. The van der Waals surface area contributed by atoms with Gasteiger partial charge < -0.3 is 10.1 Å². The summed E-state index contributed by atoms with van der Waals surface area (Å²) in [4.78, 5) is 0. The zero-order chi connectivity index (χ0) is 13.9. The van der Waals surface area contributed by atoms with E-state index in [-0.39, 0.29) is 6.10 Å². The second kappa shape index (κ2) is 5.67. The largest absolute Gasteiger partial charge is 0.488 e. The summed E-state index contributed by atoms with van der Waals surface area (Å²) in [7, 11) is 0. The first kappa shape index (κ1) is 13.2. The minimum Gasteiger partial charge on any atom is -0.488 e. The van der Waals surface area contributed by atoms with E-state index in [2.05, 4.69) is 42.6 Å². The Bertz CT molecular complexity index is 554. The Balaban J connectivity index is 1.53. The highest BCUT2D eigenvalue weighted by Gasteiger charge is 2.22. The highest BCUT2D eigenvalue weighted by molar-refractivity contribution is 5.37. The van der Waals surface area contributed by atoms with Crippen LogP contribution in [-0.4, -0.2) is 22.4 Å². The number of benzene rings is 1. The monoisotopic (exact) mass is 271 g/mol. The lowest BCUT2D eigenvalue weighted by molar-refractivity contribution is 0.222. The van der Waals surface area contributed by atoms with Crippen LogP contribution in [0.1, 0.15) is 31.0 Å². The Morgan fingerprint density at radius 3 is 3.05 bits per heavy atom. The normalized spacial score (nSPS) is 18.6. The number of aromatic nitrogens is 2. The third kappa shape index (κ3) is 2.70. The van der Waals surface area contributed by atoms with Crippen molar-refractivity contribution in [3.63, 3.8) is 0 Å². The molecule has 1 aromatic carbocycles. The maximum atomic E-state index is 5.94. The Morgan fingerprint density at radius 1 is 1.45 bits per heavy atom. The third-order valence-corrected chi connectivity index (χ3v) is 3.84. The fraction of sp³-hybridized carbons (Fsp3) is 0.438. The minimum absolute atomic E-state index is 0.232. The predicted octanol–water partition coefficient (Wildman–Crippen LogP) is 2.56. The van der Waals surface area contributed by atoms with Crippen LogP contribution in [0.2, 0.25) is 0 Å². The number of aryl methyl sites for hydroxylation is 1. The average Bonchev–Trinajstić information content (AvgIpc) is 3.10. The van der Waals surface area contributed by atoms with Crippen molar-refractivity contribution in [2.24, 2.45) is 0 Å². The second-order valence-electron chi connectivity index (χ2n) is 5.31. The van der Waals surface area contributed by atoms with Crippen LogP contribution in [0.3, 0.4) is 0 Å². The van der Waals surface area contributed by atoms with E-state index in [0.717, 1.165) is 25.3 Å². The third-order valence-electron chi connectivity index (χ3n) is 3.84. The zero-order valence-corrected chi connectivity index (χ0v) is 12.0. The SMILES string of the molecule is CCn1cc(C(C)NCC2Cc3ccccc3O2)cn1. The molecular formula is C16H21N3O. The average molecular weight is 271 g/mol. The van der Waals surface area contributed by atoms with Crippen molar-refractivity contribution in [2.45, 2.75) is 39.0 Å². The topological polar surface area (TPSA) is 39.1 Å². The Kier molecular flexibility index (Phi) is 3.74. The second-order valence-corrected chi connectivity index (χ2v) is 5.31. The molecule has 2 heterocycles. The Labute approximate surface area is 119 Å². The van der Waals surface area contributed by atoms with Crippen molar-refractivity contribution in [1.29, 1.82) is 0 Å². The van der Waals surface area contributed by atoms with Crippen LogP contribution in [0.15, 0.2) is 36.7 Å². The number of hydrogen-bond donors (Lipinski definition) is 1. The lowest BCUT2D eigenvalue weighted by Gasteiger charge is -2.16. The van der Waals surface area contributed by atoms with Gasteiger partial charge in [-0.1, -0.05) is 18.2 Å². The van der Waals surface area contributed by atoms with Gasteiger partial charge in [0.05, 0.1) is 6.20 Å². The van der Waals surface area contributed by atoms with Crippen LogP contribution < -0.4 is 10.1 Å². The van der Waals surface area contributed by atoms with Crippen molar-refractivity contribution in [2.75, 3.05) is 6.54 Å². The standard InChI is InChI=1S/C16H21N3O/c1-3-19-11-14(9-18-19)12(2)17-10-15-8-13-6-4-5-7-16(13)20-15/h4-7,9,11-12,15,17H,3,8,10H2,1-2H3. The van der Waals surface area contributed by atoms with Gasteiger partial charge in [0.25, 0.3) is 0 Å². The van der Waals surface area contributed by atoms with E-state index in [1.54, 1.807) is 0 Å². The Hall–Kier alpha value is -1.81. The highest BCUT2D eigenvalue weighted by atomic mass is 16.5. The quantitative estimate of drug-likeness (QED) is 0.908. The molecule has 1 aromatic heterocycles. The predicted molar refractivity (Wildman–Crippen MR) is 78.9 cm³/mol. The molecule has 3 rings (SSSR count). The number of fused-ring (bicyclic) bond motifs is 1. The number of rotatable bonds is 5. The molecule has 0 saturated carbocycles. The van der Waals surface area contributed by atoms with Gasteiger partial charge in [-0.05, 0) is 25.5 Å². The number of ether oxygens (including phenoxy) is 1. The molecule has 0 bridgehead atoms. The molecule has 20 heavy (non-hydrogen) atoms. The van der Waals surface area contributed by atoms with Gasteiger partial charge in [0.15, 0.2) is 0 Å². The molecule has 1 aliphatic rings. The fourth-order valence-corrected chi connectivity index (χ4v) is 2.57. The molecule has 0 aliphatic carbocycles. The number of para-hydroxylation sites is 1. The van der Waals surface area contributed by atoms with E-state index in [9.17, 15) is 0 Å². The van der Waals surface area contributed by atoms with Crippen LogP contribution in [0.25, 0.3) is 0 Å². The fourth-order valence-electron chi connectivity index (χ4n) is 2.57. The summed E-state index contributed by atoms with van der Waals surface area (Å²) in [5.41, 5.74) is 2.54. The van der Waals surface area contributed by atoms with Gasteiger partial charge in [-0.15, -0.1) is 0 Å². The van der Waals surface area contributed by atoms with Crippen LogP contribution >= 0.6 is 0 Å². The first-order chi connectivity index (χ1) is 9.76. The molecule has 0 amide bonds. The number of hydrogen-bond acceptors (Lipinski definition) is 3. The van der Waals surface area contributed by atoms with Crippen LogP contribution in [0.5, 0.6) is 5.75 Å². The van der Waals surface area contributed by atoms with Gasteiger partial charge in [-0.3, -0.25) is 4.68 Å². The highest BCUT2D eigenvalue weighted by Crippen LogP contribution is 2.28. The van der Waals surface area contributed by atoms with E-state index in [0.29, 0.717) is 6.04 Å². The molecule has 1 N–H and O–H groups in total. The summed E-state index contributed by atoms with van der Waals surface area (Å²) in [5, 5.41) is 7.85. The lowest BCUT2D eigenvalue weighted by atomic mass is 10.1. The summed E-state index contributed by atoms with van der Waals surface area (Å²) >= 11 is 0. The van der Waals surface area contributed by atoms with Crippen molar-refractivity contribution in [1.82, 2.24) is 15.1 Å². The summed E-state index contributed by atoms with van der Waals surface area (Å²) in [6, 6.07) is 8.58. The smallest absolute Gasteiger partial charge is 0.123 e. The van der Waals surface area contributed by atoms with E-state index >= 15 is 0 Å². The van der Waals surface area contributed by atoms with Gasteiger partial charge in [-0.2, -0.15) is 5.10 Å². The molecular weight excluding hydrogens is 250 g/mol. The zero-order valence-electron chi connectivity index (χ0n) is 12.0. The molecule has 0 fully saturated rings. The van der Waals surface area contributed by atoms with Gasteiger partial charge >= 0.3 is 0 Å². The maximum Gasteiger partial charge on any atom is 0.123 e. The molecule has 4 nitrogen and oxygen atoms in total. The molecule has 1 aliphatic heterocycles. The van der Waals surface area contributed by atoms with Crippen LogP contribution in [0, 0.1) is 0 Å². The van der Waals surface area contributed by atoms with E-state index < -0.39 is 0 Å². The molecule has 4 heteroatoms. The van der Waals surface area contributed by atoms with Crippen LogP contribution in [0.4, 0.5) is 0 Å². The van der Waals surface area contributed by atoms with Crippen molar-refractivity contribution < 1.29 is 4.74 Å². The first-order valence-corrected chi connectivity index (χ1v) is 7.26.